The van der Waals surface area contributed by atoms with Gasteiger partial charge in [0.05, 0.1) is 18.8 Å². The Hall–Kier alpha value is -3.63. The molecule has 3 N–H and O–H groups in total. The lowest BCUT2D eigenvalue weighted by Gasteiger charge is -2.36. The highest BCUT2D eigenvalue weighted by atomic mass is 32.2. The van der Waals surface area contributed by atoms with Crippen LogP contribution in [0.15, 0.2) is 96.4 Å². The molecule has 1 aliphatic heterocycles. The molecule has 0 bridgehead atoms. The maximum absolute atomic E-state index is 12.4. The Balaban J connectivity index is 1.25. The van der Waals surface area contributed by atoms with Crippen LogP contribution in [-0.4, -0.2) is 32.5 Å². The fourth-order valence-corrected chi connectivity index (χ4v) is 5.31. The third kappa shape index (κ3) is 7.27. The summed E-state index contributed by atoms with van der Waals surface area (Å²) in [4.78, 5) is 16.8. The number of imidazole rings is 1. The van der Waals surface area contributed by atoms with E-state index in [4.69, 9.17) is 9.47 Å². The van der Waals surface area contributed by atoms with Crippen LogP contribution < -0.4 is 10.6 Å². The highest BCUT2D eigenvalue weighted by Crippen LogP contribution is 2.39. The summed E-state index contributed by atoms with van der Waals surface area (Å²) < 4.78 is 14.8. The molecule has 1 aliphatic rings. The Kier molecular flexibility index (Phi) is 8.95. The second-order valence-electron chi connectivity index (χ2n) is 9.40. The Morgan fingerprint density at radius 2 is 1.74 bits per heavy atom. The molecule has 3 aromatic carbocycles. The number of hydrogen-bond acceptors (Lipinski definition) is 6. The number of anilines is 1. The molecular formula is C30H32N4O4S. The van der Waals surface area contributed by atoms with Crippen molar-refractivity contribution in [3.05, 3.63) is 114 Å². The Bertz CT molecular complexity index is 1350. The van der Waals surface area contributed by atoms with Crippen molar-refractivity contribution in [2.75, 3.05) is 11.1 Å². The molecule has 8 nitrogen and oxygen atoms in total. The molecule has 0 radical (unpaired) electrons. The lowest BCUT2D eigenvalue weighted by atomic mass is 10.0. The van der Waals surface area contributed by atoms with Gasteiger partial charge in [0.15, 0.2) is 11.4 Å². The van der Waals surface area contributed by atoms with Gasteiger partial charge in [-0.15, -0.1) is 0 Å². The first kappa shape index (κ1) is 27.0. The van der Waals surface area contributed by atoms with E-state index < -0.39 is 6.29 Å². The summed E-state index contributed by atoms with van der Waals surface area (Å²) in [7, 11) is 1.98. The maximum atomic E-state index is 12.4. The number of aliphatic hydroxyl groups is 1. The summed E-state index contributed by atoms with van der Waals surface area (Å²) in [5, 5.41) is 16.1. The summed E-state index contributed by atoms with van der Waals surface area (Å²) in [6, 6.07) is 24.9. The number of hydrogen-bond donors (Lipinski definition) is 3. The van der Waals surface area contributed by atoms with Crippen molar-refractivity contribution < 1.29 is 19.4 Å². The zero-order chi connectivity index (χ0) is 27.0. The van der Waals surface area contributed by atoms with Crippen LogP contribution in [0.4, 0.5) is 10.5 Å². The average Bonchev–Trinajstić information content (AvgIpc) is 3.40. The molecule has 1 saturated heterocycles. The second-order valence-corrected chi connectivity index (χ2v) is 10.4. The van der Waals surface area contributed by atoms with Crippen LogP contribution in [0.25, 0.3) is 0 Å². The monoisotopic (exact) mass is 544 g/mol. The van der Waals surface area contributed by atoms with Crippen molar-refractivity contribution in [2.24, 2.45) is 7.05 Å². The molecule has 5 rings (SSSR count). The Morgan fingerprint density at radius 1 is 1.00 bits per heavy atom. The summed E-state index contributed by atoms with van der Waals surface area (Å²) >= 11 is 1.66. The molecule has 202 valence electrons. The molecule has 9 heteroatoms. The standard InChI is InChI=1S/C30H32N4O4S/c1-34-16-15-31-30(34)39-20-26-17-27(23-9-7-22(19-35)8-10-23)38-28(37-26)24-11-13-25(14-12-24)33-29(36)32-18-21-5-3-2-4-6-21/h2-16,26-28,35H,17-20H2,1H3,(H2,32,33,36). The molecule has 0 saturated carbocycles. The van der Waals surface area contributed by atoms with Crippen LogP contribution in [0.3, 0.4) is 0 Å². The van der Waals surface area contributed by atoms with Crippen LogP contribution >= 0.6 is 11.8 Å². The molecule has 0 aliphatic carbocycles. The molecule has 1 aromatic heterocycles. The third-order valence-electron chi connectivity index (χ3n) is 6.53. The second kappa shape index (κ2) is 12.9. The number of rotatable bonds is 9. The summed E-state index contributed by atoms with van der Waals surface area (Å²) in [5.74, 6) is 0.733. The molecule has 3 unspecified atom stereocenters. The van der Waals surface area contributed by atoms with Crippen LogP contribution in [0, 0.1) is 0 Å². The van der Waals surface area contributed by atoms with Gasteiger partial charge in [-0.05, 0) is 28.8 Å². The SMILES string of the molecule is Cn1ccnc1SCC1CC(c2ccc(CO)cc2)OC(c2ccc(NC(=O)NCc3ccccc3)cc2)O1. The predicted octanol–water partition coefficient (Wildman–Crippen LogP) is 5.57. The molecule has 2 heterocycles. The van der Waals surface area contributed by atoms with Gasteiger partial charge in [-0.25, -0.2) is 9.78 Å². The van der Waals surface area contributed by atoms with E-state index in [0.717, 1.165) is 33.2 Å². The van der Waals surface area contributed by atoms with Crippen LogP contribution in [-0.2, 0) is 29.7 Å². The van der Waals surface area contributed by atoms with Gasteiger partial charge in [-0.3, -0.25) is 0 Å². The Labute approximate surface area is 232 Å². The molecule has 0 spiro atoms. The van der Waals surface area contributed by atoms with Crippen molar-refractivity contribution in [3.8, 4) is 0 Å². The van der Waals surface area contributed by atoms with E-state index in [2.05, 4.69) is 15.6 Å². The van der Waals surface area contributed by atoms with E-state index in [0.29, 0.717) is 18.7 Å². The van der Waals surface area contributed by atoms with E-state index in [9.17, 15) is 9.90 Å². The molecule has 39 heavy (non-hydrogen) atoms. The minimum atomic E-state index is -0.561. The highest BCUT2D eigenvalue weighted by Gasteiger charge is 2.32. The van der Waals surface area contributed by atoms with Crippen molar-refractivity contribution in [3.63, 3.8) is 0 Å². The lowest BCUT2D eigenvalue weighted by Crippen LogP contribution is -2.31. The van der Waals surface area contributed by atoms with Gasteiger partial charge in [0.1, 0.15) is 0 Å². The van der Waals surface area contributed by atoms with Gasteiger partial charge in [0.2, 0.25) is 0 Å². The van der Waals surface area contributed by atoms with E-state index in [-0.39, 0.29) is 24.8 Å². The van der Waals surface area contributed by atoms with Gasteiger partial charge in [-0.2, -0.15) is 0 Å². The average molecular weight is 545 g/mol. The molecule has 3 atom stereocenters. The lowest BCUT2D eigenvalue weighted by molar-refractivity contribution is -0.245. The first-order valence-electron chi connectivity index (χ1n) is 12.9. The number of amides is 2. The van der Waals surface area contributed by atoms with Gasteiger partial charge in [0, 0.05) is 49.4 Å². The van der Waals surface area contributed by atoms with E-state index >= 15 is 0 Å². The minimum Gasteiger partial charge on any atom is -0.392 e. The molecule has 4 aromatic rings. The fraction of sp³-hybridized carbons (Fsp3) is 0.267. The number of benzene rings is 3. The summed E-state index contributed by atoms with van der Waals surface area (Å²) in [5.41, 5.74) is 4.49. The maximum Gasteiger partial charge on any atom is 0.319 e. The normalized spacial score (nSPS) is 19.0. The number of ether oxygens (including phenoxy) is 2. The van der Waals surface area contributed by atoms with Gasteiger partial charge >= 0.3 is 6.03 Å². The number of nitrogens with one attached hydrogen (secondary N) is 2. The van der Waals surface area contributed by atoms with Crippen molar-refractivity contribution in [2.45, 2.75) is 43.2 Å². The number of urea groups is 1. The highest BCUT2D eigenvalue weighted by molar-refractivity contribution is 7.99. The van der Waals surface area contributed by atoms with Crippen molar-refractivity contribution in [1.82, 2.24) is 14.9 Å². The largest absolute Gasteiger partial charge is 0.392 e. The van der Waals surface area contributed by atoms with Crippen LogP contribution in [0.1, 0.15) is 41.1 Å². The number of carbonyl (C=O) groups excluding carboxylic acids is 1. The minimum absolute atomic E-state index is 0.00509. The van der Waals surface area contributed by atoms with E-state index in [1.165, 1.54) is 0 Å². The summed E-state index contributed by atoms with van der Waals surface area (Å²) in [6.07, 6.45) is 3.64. The molecule has 2 amide bonds. The predicted molar refractivity (Wildman–Crippen MR) is 151 cm³/mol. The van der Waals surface area contributed by atoms with Gasteiger partial charge in [-0.1, -0.05) is 78.5 Å². The number of aromatic nitrogens is 2. The fourth-order valence-electron chi connectivity index (χ4n) is 4.36. The number of aliphatic hydroxyl groups excluding tert-OH is 1. The van der Waals surface area contributed by atoms with E-state index in [1.54, 1.807) is 18.0 Å². The van der Waals surface area contributed by atoms with Crippen molar-refractivity contribution in [1.29, 1.82) is 0 Å². The molecular weight excluding hydrogens is 512 g/mol. The zero-order valence-corrected chi connectivity index (χ0v) is 22.5. The number of carbonyl (C=O) groups is 1. The van der Waals surface area contributed by atoms with E-state index in [1.807, 2.05) is 96.7 Å². The smallest absolute Gasteiger partial charge is 0.319 e. The third-order valence-corrected chi connectivity index (χ3v) is 7.72. The van der Waals surface area contributed by atoms with Crippen LogP contribution in [0.2, 0.25) is 0 Å². The van der Waals surface area contributed by atoms with Gasteiger partial charge < -0.3 is 29.8 Å². The van der Waals surface area contributed by atoms with Crippen LogP contribution in [0.5, 0.6) is 0 Å². The quantitative estimate of drug-likeness (QED) is 0.238. The Morgan fingerprint density at radius 3 is 2.44 bits per heavy atom. The number of aryl methyl sites for hydroxylation is 1. The zero-order valence-electron chi connectivity index (χ0n) is 21.7. The first-order valence-corrected chi connectivity index (χ1v) is 13.9. The first-order chi connectivity index (χ1) is 19.1. The number of nitrogens with zero attached hydrogens (tertiary/aromatic N) is 2. The molecule has 1 fully saturated rings. The number of thioether (sulfide) groups is 1. The topological polar surface area (TPSA) is 97.6 Å². The van der Waals surface area contributed by atoms with Crippen molar-refractivity contribution >= 4 is 23.5 Å². The summed E-state index contributed by atoms with van der Waals surface area (Å²) in [6.45, 7) is 0.456. The van der Waals surface area contributed by atoms with Gasteiger partial charge in [0.25, 0.3) is 0 Å².